The van der Waals surface area contributed by atoms with Crippen LogP contribution in [-0.4, -0.2) is 35.0 Å². The molecule has 0 aliphatic carbocycles. The number of hydrogen-bond acceptors (Lipinski definition) is 5. The SMILES string of the molecule is Cc1c(-c2nnnn2Cc2cccnc2)nn(-c2ccc(Cl)cc2Cl)c1-c1ccc(Cl)cc1. The van der Waals surface area contributed by atoms with Gasteiger partial charge in [-0.05, 0) is 59.3 Å². The molecular weight excluding hydrogens is 481 g/mol. The zero-order chi connectivity index (χ0) is 22.9. The fourth-order valence-corrected chi connectivity index (χ4v) is 4.24. The summed E-state index contributed by atoms with van der Waals surface area (Å²) in [5.41, 5.74) is 4.97. The highest BCUT2D eigenvalue weighted by molar-refractivity contribution is 6.35. The molecule has 10 heteroatoms. The van der Waals surface area contributed by atoms with Crippen molar-refractivity contribution in [2.45, 2.75) is 13.5 Å². The third-order valence-corrected chi connectivity index (χ3v) is 5.97. The zero-order valence-corrected chi connectivity index (χ0v) is 19.6. The minimum absolute atomic E-state index is 0.459. The van der Waals surface area contributed by atoms with Crippen LogP contribution >= 0.6 is 34.8 Å². The van der Waals surface area contributed by atoms with E-state index in [1.165, 1.54) is 0 Å². The molecule has 0 fully saturated rings. The number of benzene rings is 2. The van der Waals surface area contributed by atoms with E-state index in [1.54, 1.807) is 33.9 Å². The molecule has 3 aromatic heterocycles. The first-order chi connectivity index (χ1) is 16.0. The maximum absolute atomic E-state index is 6.55. The van der Waals surface area contributed by atoms with Gasteiger partial charge in [-0.2, -0.15) is 5.10 Å². The quantitative estimate of drug-likeness (QED) is 0.303. The summed E-state index contributed by atoms with van der Waals surface area (Å²) in [6.45, 7) is 2.44. The Morgan fingerprint density at radius 1 is 0.939 bits per heavy atom. The Hall–Kier alpha value is -3.26. The molecule has 164 valence electrons. The van der Waals surface area contributed by atoms with E-state index >= 15 is 0 Å². The lowest BCUT2D eigenvalue weighted by atomic mass is 10.1. The highest BCUT2D eigenvalue weighted by Gasteiger charge is 2.23. The van der Waals surface area contributed by atoms with Gasteiger partial charge in [-0.1, -0.05) is 53.0 Å². The second-order valence-corrected chi connectivity index (χ2v) is 8.64. The van der Waals surface area contributed by atoms with Gasteiger partial charge >= 0.3 is 0 Å². The topological polar surface area (TPSA) is 74.3 Å². The van der Waals surface area contributed by atoms with Crippen LogP contribution in [-0.2, 0) is 6.54 Å². The normalized spacial score (nSPS) is 11.2. The van der Waals surface area contributed by atoms with E-state index in [1.807, 2.05) is 49.4 Å². The van der Waals surface area contributed by atoms with Gasteiger partial charge < -0.3 is 0 Å². The van der Waals surface area contributed by atoms with Crippen molar-refractivity contribution in [3.8, 4) is 28.5 Å². The molecule has 5 aromatic rings. The van der Waals surface area contributed by atoms with Crippen LogP contribution in [0.25, 0.3) is 28.5 Å². The number of rotatable bonds is 5. The average Bonchev–Trinajstić information content (AvgIpc) is 3.39. The monoisotopic (exact) mass is 495 g/mol. The molecule has 0 amide bonds. The lowest BCUT2D eigenvalue weighted by Gasteiger charge is -2.11. The summed E-state index contributed by atoms with van der Waals surface area (Å²) in [4.78, 5) is 4.17. The van der Waals surface area contributed by atoms with E-state index in [4.69, 9.17) is 39.9 Å². The molecule has 0 saturated heterocycles. The van der Waals surface area contributed by atoms with Crippen molar-refractivity contribution in [2.24, 2.45) is 0 Å². The molecule has 0 saturated carbocycles. The fourth-order valence-electron chi connectivity index (χ4n) is 3.63. The number of nitrogens with zero attached hydrogens (tertiary/aromatic N) is 7. The fraction of sp³-hybridized carbons (Fsp3) is 0.0870. The minimum atomic E-state index is 0.459. The van der Waals surface area contributed by atoms with E-state index in [0.29, 0.717) is 38.8 Å². The van der Waals surface area contributed by atoms with E-state index in [0.717, 1.165) is 22.4 Å². The van der Waals surface area contributed by atoms with Gasteiger partial charge in [-0.3, -0.25) is 4.98 Å². The summed E-state index contributed by atoms with van der Waals surface area (Å²) in [6.07, 6.45) is 3.51. The number of pyridine rings is 1. The molecule has 7 nitrogen and oxygen atoms in total. The molecule has 0 radical (unpaired) electrons. The summed E-state index contributed by atoms with van der Waals surface area (Å²) in [5, 5.41) is 18.9. The molecule has 0 spiro atoms. The van der Waals surface area contributed by atoms with Gasteiger partial charge in [0.1, 0.15) is 5.69 Å². The molecule has 0 bridgehead atoms. The third-order valence-electron chi connectivity index (χ3n) is 5.18. The Morgan fingerprint density at radius 3 is 2.45 bits per heavy atom. The molecule has 0 aliphatic rings. The standard InChI is InChI=1S/C23H16Cl3N7/c1-14-21(23-28-30-31-32(23)13-15-3-2-10-27-12-15)29-33(20-9-8-18(25)11-19(20)26)22(14)16-4-6-17(24)7-5-16/h2-12H,13H2,1H3. The van der Waals surface area contributed by atoms with Crippen LogP contribution in [0.2, 0.25) is 15.1 Å². The predicted molar refractivity (Wildman–Crippen MR) is 129 cm³/mol. The van der Waals surface area contributed by atoms with Gasteiger partial charge in [0.25, 0.3) is 0 Å². The van der Waals surface area contributed by atoms with Crippen molar-refractivity contribution in [3.05, 3.63) is 93.2 Å². The van der Waals surface area contributed by atoms with Crippen molar-refractivity contribution >= 4 is 34.8 Å². The maximum atomic E-state index is 6.55. The Labute approximate surface area is 204 Å². The van der Waals surface area contributed by atoms with Gasteiger partial charge in [-0.25, -0.2) is 9.36 Å². The summed E-state index contributed by atoms with van der Waals surface area (Å²) < 4.78 is 3.49. The molecular formula is C23H16Cl3N7. The first-order valence-electron chi connectivity index (χ1n) is 9.97. The van der Waals surface area contributed by atoms with E-state index in [-0.39, 0.29) is 0 Å². The van der Waals surface area contributed by atoms with Crippen LogP contribution in [0.3, 0.4) is 0 Å². The van der Waals surface area contributed by atoms with Crippen LogP contribution in [0.5, 0.6) is 0 Å². The molecule has 0 aliphatic heterocycles. The van der Waals surface area contributed by atoms with Crippen LogP contribution < -0.4 is 0 Å². The Balaban J connectivity index is 1.69. The Kier molecular flexibility index (Phi) is 5.85. The van der Waals surface area contributed by atoms with Crippen molar-refractivity contribution in [3.63, 3.8) is 0 Å². The highest BCUT2D eigenvalue weighted by Crippen LogP contribution is 2.35. The van der Waals surface area contributed by atoms with Gasteiger partial charge in [-0.15, -0.1) is 5.10 Å². The molecule has 0 N–H and O–H groups in total. The third kappa shape index (κ3) is 4.23. The van der Waals surface area contributed by atoms with Crippen LogP contribution in [0, 0.1) is 6.92 Å². The Morgan fingerprint density at radius 2 is 1.73 bits per heavy atom. The molecule has 0 atom stereocenters. The zero-order valence-electron chi connectivity index (χ0n) is 17.3. The summed E-state index contributed by atoms with van der Waals surface area (Å²) >= 11 is 18.8. The summed E-state index contributed by atoms with van der Waals surface area (Å²) in [7, 11) is 0. The largest absolute Gasteiger partial charge is 0.264 e. The number of halogens is 3. The van der Waals surface area contributed by atoms with Crippen LogP contribution in [0.4, 0.5) is 0 Å². The first-order valence-corrected chi connectivity index (χ1v) is 11.1. The molecule has 5 rings (SSSR count). The van der Waals surface area contributed by atoms with E-state index in [2.05, 4.69) is 20.5 Å². The molecule has 33 heavy (non-hydrogen) atoms. The van der Waals surface area contributed by atoms with Crippen molar-refractivity contribution in [2.75, 3.05) is 0 Å². The molecule has 3 heterocycles. The van der Waals surface area contributed by atoms with Crippen molar-refractivity contribution in [1.29, 1.82) is 0 Å². The smallest absolute Gasteiger partial charge is 0.203 e. The van der Waals surface area contributed by atoms with E-state index < -0.39 is 0 Å². The molecule has 2 aromatic carbocycles. The molecule has 0 unspecified atom stereocenters. The lowest BCUT2D eigenvalue weighted by molar-refractivity contribution is 0.650. The Bertz CT molecular complexity index is 1430. The highest BCUT2D eigenvalue weighted by atomic mass is 35.5. The maximum Gasteiger partial charge on any atom is 0.203 e. The summed E-state index contributed by atoms with van der Waals surface area (Å²) in [5.74, 6) is 0.537. The summed E-state index contributed by atoms with van der Waals surface area (Å²) in [6, 6.07) is 16.7. The predicted octanol–water partition coefficient (Wildman–Crippen LogP) is 5.90. The van der Waals surface area contributed by atoms with Gasteiger partial charge in [0.15, 0.2) is 0 Å². The van der Waals surface area contributed by atoms with Crippen LogP contribution in [0.1, 0.15) is 11.1 Å². The minimum Gasteiger partial charge on any atom is -0.264 e. The number of hydrogen-bond donors (Lipinski definition) is 0. The number of aromatic nitrogens is 7. The van der Waals surface area contributed by atoms with Gasteiger partial charge in [0, 0.05) is 33.6 Å². The van der Waals surface area contributed by atoms with Gasteiger partial charge in [0.2, 0.25) is 5.82 Å². The second kappa shape index (κ2) is 8.94. The van der Waals surface area contributed by atoms with E-state index in [9.17, 15) is 0 Å². The van der Waals surface area contributed by atoms with Gasteiger partial charge in [0.05, 0.1) is 22.9 Å². The second-order valence-electron chi connectivity index (χ2n) is 7.36. The number of tetrazole rings is 1. The average molecular weight is 497 g/mol. The first kappa shape index (κ1) is 21.6. The lowest BCUT2D eigenvalue weighted by Crippen LogP contribution is -2.06. The van der Waals surface area contributed by atoms with Crippen molar-refractivity contribution in [1.82, 2.24) is 35.0 Å². The van der Waals surface area contributed by atoms with Crippen LogP contribution in [0.15, 0.2) is 67.0 Å². The van der Waals surface area contributed by atoms with Crippen molar-refractivity contribution < 1.29 is 0 Å².